The maximum atomic E-state index is 13.2. The Labute approximate surface area is 160 Å². The number of esters is 1. The third kappa shape index (κ3) is 2.98. The van der Waals surface area contributed by atoms with Crippen LogP contribution in [0.3, 0.4) is 0 Å². The molecule has 0 aromatic heterocycles. The average Bonchev–Trinajstić information content (AvgIpc) is 3.33. The van der Waals surface area contributed by atoms with Gasteiger partial charge < -0.3 is 14.4 Å². The normalized spacial score (nSPS) is 30.8. The van der Waals surface area contributed by atoms with Crippen LogP contribution >= 0.6 is 0 Å². The predicted molar refractivity (Wildman–Crippen MR) is 102 cm³/mol. The van der Waals surface area contributed by atoms with Gasteiger partial charge in [-0.25, -0.2) is 0 Å². The summed E-state index contributed by atoms with van der Waals surface area (Å²) >= 11 is 0. The monoisotopic (exact) mass is 369 g/mol. The van der Waals surface area contributed by atoms with Crippen LogP contribution < -0.4 is 4.90 Å². The molecule has 1 aromatic rings. The number of nitrogens with zero attached hydrogens (tertiary/aromatic N) is 1. The van der Waals surface area contributed by atoms with Gasteiger partial charge in [0.15, 0.2) is 0 Å². The van der Waals surface area contributed by atoms with Crippen LogP contribution in [0, 0.1) is 11.8 Å². The largest absolute Gasteiger partial charge is 0.465 e. The van der Waals surface area contributed by atoms with E-state index < -0.39 is 17.4 Å². The predicted octanol–water partition coefficient (Wildman–Crippen LogP) is 3.27. The Hall–Kier alpha value is -2.14. The van der Waals surface area contributed by atoms with Gasteiger partial charge in [-0.3, -0.25) is 9.59 Å². The number of hydrogen-bond acceptors (Lipinski definition) is 4. The number of carbonyl (C=O) groups is 2. The van der Waals surface area contributed by atoms with Crippen LogP contribution in [-0.2, 0) is 25.5 Å². The van der Waals surface area contributed by atoms with Gasteiger partial charge in [0.1, 0.15) is 11.5 Å². The molecule has 4 atom stereocenters. The molecule has 5 nitrogen and oxygen atoms in total. The molecule has 27 heavy (non-hydrogen) atoms. The van der Waals surface area contributed by atoms with E-state index in [9.17, 15) is 9.59 Å². The van der Waals surface area contributed by atoms with Crippen molar-refractivity contribution in [2.75, 3.05) is 18.1 Å². The number of aryl methyl sites for hydroxylation is 1. The van der Waals surface area contributed by atoms with E-state index >= 15 is 0 Å². The minimum absolute atomic E-state index is 0.0402. The molecule has 144 valence electrons. The van der Waals surface area contributed by atoms with Crippen LogP contribution in [-0.4, -0.2) is 36.7 Å². The zero-order valence-corrected chi connectivity index (χ0v) is 16.0. The summed E-state index contributed by atoms with van der Waals surface area (Å²) in [4.78, 5) is 27.7. The Bertz CT molecular complexity index is 756. The number of ether oxygens (including phenoxy) is 2. The molecule has 2 saturated heterocycles. The minimum atomic E-state index is -0.696. The molecular formula is C22H27NO4. The Kier molecular flexibility index (Phi) is 4.81. The summed E-state index contributed by atoms with van der Waals surface area (Å²) in [5, 5.41) is 0. The summed E-state index contributed by atoms with van der Waals surface area (Å²) in [5.41, 5.74) is 1.39. The van der Waals surface area contributed by atoms with Crippen molar-refractivity contribution in [3.05, 3.63) is 42.0 Å². The number of rotatable bonds is 7. The maximum absolute atomic E-state index is 13.2. The third-order valence-electron chi connectivity index (χ3n) is 6.02. The summed E-state index contributed by atoms with van der Waals surface area (Å²) in [6.07, 6.45) is 7.47. The van der Waals surface area contributed by atoms with E-state index in [4.69, 9.17) is 9.47 Å². The number of benzene rings is 1. The fourth-order valence-corrected chi connectivity index (χ4v) is 4.52. The van der Waals surface area contributed by atoms with Gasteiger partial charge in [-0.1, -0.05) is 51.0 Å². The minimum Gasteiger partial charge on any atom is -0.465 e. The zero-order chi connectivity index (χ0) is 19.0. The number of carbonyl (C=O) groups excluding carboxylic acids is 2. The fraction of sp³-hybridized carbons (Fsp3) is 0.545. The number of hydrogen-bond donors (Lipinski definition) is 0. The van der Waals surface area contributed by atoms with Crippen LogP contribution in [0.15, 0.2) is 36.4 Å². The topological polar surface area (TPSA) is 55.8 Å². The van der Waals surface area contributed by atoms with Crippen molar-refractivity contribution >= 4 is 17.6 Å². The fourth-order valence-electron chi connectivity index (χ4n) is 4.52. The molecule has 3 aliphatic heterocycles. The van der Waals surface area contributed by atoms with Gasteiger partial charge in [0.25, 0.3) is 0 Å². The number of amides is 1. The molecule has 2 bridgehead atoms. The highest BCUT2D eigenvalue weighted by atomic mass is 16.6. The first-order valence-electron chi connectivity index (χ1n) is 10.0. The lowest BCUT2D eigenvalue weighted by atomic mass is 9.77. The van der Waals surface area contributed by atoms with Crippen molar-refractivity contribution in [3.8, 4) is 0 Å². The maximum Gasteiger partial charge on any atom is 0.312 e. The molecule has 3 heterocycles. The van der Waals surface area contributed by atoms with E-state index in [1.165, 1.54) is 5.56 Å². The molecule has 0 aliphatic carbocycles. The second-order valence-electron chi connectivity index (χ2n) is 7.72. The van der Waals surface area contributed by atoms with Gasteiger partial charge >= 0.3 is 5.97 Å². The molecule has 1 amide bonds. The lowest BCUT2D eigenvalue weighted by Crippen LogP contribution is -2.40. The summed E-state index contributed by atoms with van der Waals surface area (Å²) < 4.78 is 11.6. The van der Waals surface area contributed by atoms with Gasteiger partial charge in [-0.05, 0) is 30.5 Å². The highest BCUT2D eigenvalue weighted by Crippen LogP contribution is 2.52. The Morgan fingerprint density at radius 1 is 1.26 bits per heavy atom. The van der Waals surface area contributed by atoms with Gasteiger partial charge in [0, 0.05) is 5.69 Å². The molecule has 3 aliphatic rings. The molecular weight excluding hydrogens is 342 g/mol. The van der Waals surface area contributed by atoms with Crippen molar-refractivity contribution in [1.29, 1.82) is 0 Å². The molecule has 5 heteroatoms. The molecule has 1 aromatic carbocycles. The first-order valence-corrected chi connectivity index (χ1v) is 10.0. The molecule has 4 rings (SSSR count). The molecule has 0 unspecified atom stereocenters. The van der Waals surface area contributed by atoms with E-state index in [0.29, 0.717) is 13.2 Å². The highest BCUT2D eigenvalue weighted by Gasteiger charge is 2.67. The molecule has 0 N–H and O–H groups in total. The van der Waals surface area contributed by atoms with Crippen LogP contribution in [0.4, 0.5) is 5.69 Å². The highest BCUT2D eigenvalue weighted by molar-refractivity contribution is 6.02. The van der Waals surface area contributed by atoms with Crippen molar-refractivity contribution in [2.24, 2.45) is 11.8 Å². The quantitative estimate of drug-likeness (QED) is 0.420. The first kappa shape index (κ1) is 18.2. The third-order valence-corrected chi connectivity index (χ3v) is 6.02. The first-order chi connectivity index (χ1) is 13.1. The Morgan fingerprint density at radius 2 is 2.04 bits per heavy atom. The Morgan fingerprint density at radius 3 is 2.74 bits per heavy atom. The van der Waals surface area contributed by atoms with Gasteiger partial charge in [-0.2, -0.15) is 0 Å². The summed E-state index contributed by atoms with van der Waals surface area (Å²) in [6.45, 7) is 5.08. The van der Waals surface area contributed by atoms with Crippen LogP contribution in [0.1, 0.15) is 38.7 Å². The lowest BCUT2D eigenvalue weighted by molar-refractivity contribution is -0.152. The molecule has 2 fully saturated rings. The summed E-state index contributed by atoms with van der Waals surface area (Å²) in [5.74, 6) is -1.37. The summed E-state index contributed by atoms with van der Waals surface area (Å²) in [7, 11) is 0. The van der Waals surface area contributed by atoms with Gasteiger partial charge in [0.05, 0.1) is 25.2 Å². The van der Waals surface area contributed by atoms with Crippen LogP contribution in [0.2, 0.25) is 0 Å². The van der Waals surface area contributed by atoms with E-state index in [1.54, 1.807) is 4.90 Å². The van der Waals surface area contributed by atoms with Crippen molar-refractivity contribution in [1.82, 2.24) is 0 Å². The van der Waals surface area contributed by atoms with Gasteiger partial charge in [0.2, 0.25) is 5.91 Å². The second-order valence-corrected chi connectivity index (χ2v) is 7.72. The molecule has 0 saturated carbocycles. The van der Waals surface area contributed by atoms with E-state index in [1.807, 2.05) is 36.4 Å². The zero-order valence-electron chi connectivity index (χ0n) is 16.0. The summed E-state index contributed by atoms with van der Waals surface area (Å²) in [6, 6.07) is 8.04. The Balaban J connectivity index is 1.52. The van der Waals surface area contributed by atoms with Crippen molar-refractivity contribution < 1.29 is 19.1 Å². The lowest BCUT2D eigenvalue weighted by Gasteiger charge is -2.22. The SMILES string of the molecule is CCCCCOC(=O)[C@H]1[C@H]2C(=O)N(c3ccc(CC)cc3)C[C@]23C=C[C@H]1O3. The number of unbranched alkanes of at least 4 members (excludes halogenated alkanes) is 2. The van der Waals surface area contributed by atoms with Crippen molar-refractivity contribution in [2.45, 2.75) is 51.2 Å². The number of anilines is 1. The standard InChI is InChI=1S/C22H27NO4/c1-3-5-6-13-26-21(25)18-17-11-12-22(27-17)14-23(20(24)19(18)22)16-9-7-15(4-2)8-10-16/h7-12,17-19H,3-6,13-14H2,1-2H3/t17-,18-,19+,22-/m1/s1. The number of fused-ring (bicyclic) bond motifs is 1. The average molecular weight is 369 g/mol. The van der Waals surface area contributed by atoms with E-state index in [0.717, 1.165) is 31.4 Å². The van der Waals surface area contributed by atoms with Crippen LogP contribution in [0.5, 0.6) is 0 Å². The second kappa shape index (κ2) is 7.12. The van der Waals surface area contributed by atoms with E-state index in [2.05, 4.69) is 13.8 Å². The van der Waals surface area contributed by atoms with Gasteiger partial charge in [-0.15, -0.1) is 0 Å². The van der Waals surface area contributed by atoms with E-state index in [-0.39, 0.29) is 18.0 Å². The smallest absolute Gasteiger partial charge is 0.312 e. The molecule has 1 spiro atoms. The molecule has 0 radical (unpaired) electrons. The van der Waals surface area contributed by atoms with Crippen molar-refractivity contribution in [3.63, 3.8) is 0 Å². The van der Waals surface area contributed by atoms with Crippen LogP contribution in [0.25, 0.3) is 0 Å².